The molecule has 368 valence electrons. The molecule has 2 aliphatic rings. The largest absolute Gasteiger partial charge is 0.445 e. The van der Waals surface area contributed by atoms with Gasteiger partial charge in [-0.25, -0.2) is 19.6 Å². The Morgan fingerprint density at radius 1 is 0.704 bits per heavy atom. The maximum atomic E-state index is 13.9. The zero-order valence-corrected chi connectivity index (χ0v) is 42.1. The molecule has 0 aliphatic heterocycles. The average molecular weight is 953 g/mol. The molecular weight excluding hydrogens is 885 g/mol. The van der Waals surface area contributed by atoms with E-state index in [1.807, 2.05) is 79.0 Å². The number of benzene rings is 5. The number of nitrogens with zero attached hydrogens (tertiary/aromatic N) is 2. The van der Waals surface area contributed by atoms with Gasteiger partial charge in [0.2, 0.25) is 0 Å². The molecule has 0 saturated heterocycles. The maximum absolute atomic E-state index is 13.9. The first kappa shape index (κ1) is 49.0. The van der Waals surface area contributed by atoms with Crippen molar-refractivity contribution in [2.45, 2.75) is 125 Å². The molecule has 9 rings (SSSR count). The topological polar surface area (TPSA) is 151 Å². The minimum Gasteiger partial charge on any atom is -0.445 e. The van der Waals surface area contributed by atoms with Crippen molar-refractivity contribution in [1.29, 1.82) is 0 Å². The second-order valence-electron chi connectivity index (χ2n) is 21.8. The molecule has 2 aromatic heterocycles. The Morgan fingerprint density at radius 2 is 1.30 bits per heavy atom. The summed E-state index contributed by atoms with van der Waals surface area (Å²) in [6.07, 6.45) is 10.3. The van der Waals surface area contributed by atoms with Crippen LogP contribution < -0.4 is 16.2 Å². The zero-order valence-electron chi connectivity index (χ0n) is 42.1. The number of hydrogen-bond acceptors (Lipinski definition) is 7. The van der Waals surface area contributed by atoms with Crippen molar-refractivity contribution in [2.75, 3.05) is 6.54 Å². The molecule has 71 heavy (non-hydrogen) atoms. The van der Waals surface area contributed by atoms with Crippen molar-refractivity contribution in [2.24, 2.45) is 16.2 Å². The lowest BCUT2D eigenvalue weighted by Crippen LogP contribution is -2.35. The number of carbonyl (C=O) groups excluding carboxylic acids is 2. The molecule has 7 aromatic rings. The van der Waals surface area contributed by atoms with Crippen LogP contribution in [0.5, 0.6) is 0 Å². The summed E-state index contributed by atoms with van der Waals surface area (Å²) in [6, 6.07) is 38.3. The quantitative estimate of drug-likeness (QED) is 0.0709. The van der Waals surface area contributed by atoms with Crippen LogP contribution in [0, 0.1) is 16.2 Å². The molecule has 2 aliphatic carbocycles. The summed E-state index contributed by atoms with van der Waals surface area (Å²) in [6.45, 7) is 13.7. The van der Waals surface area contributed by atoms with Gasteiger partial charge in [0.25, 0.3) is 5.56 Å². The van der Waals surface area contributed by atoms with Crippen LogP contribution in [0.4, 0.5) is 9.59 Å². The van der Waals surface area contributed by atoms with Crippen LogP contribution in [0.25, 0.3) is 44.4 Å². The van der Waals surface area contributed by atoms with Crippen molar-refractivity contribution in [3.8, 4) is 33.5 Å². The minimum absolute atomic E-state index is 0.0348. The second-order valence-corrected chi connectivity index (χ2v) is 21.8. The predicted molar refractivity (Wildman–Crippen MR) is 282 cm³/mol. The number of imidazole rings is 1. The highest BCUT2D eigenvalue weighted by Gasteiger charge is 2.41. The third-order valence-electron chi connectivity index (χ3n) is 15.1. The molecule has 1 saturated carbocycles. The Balaban J connectivity index is 0.912. The van der Waals surface area contributed by atoms with E-state index in [1.165, 1.54) is 53.5 Å². The molecule has 0 bridgehead atoms. The summed E-state index contributed by atoms with van der Waals surface area (Å²) in [5.74, 6) is 1.27. The molecule has 11 nitrogen and oxygen atoms in total. The Morgan fingerprint density at radius 3 is 1.93 bits per heavy atom. The number of aromatic nitrogens is 4. The SMILES string of the molecule is CCC(C)(C)C[C@H](NC(=O)OCc1ccccc1)c1ncc(-c2ccc(-c3ccc(-c4ccc5nc([C@@H](C)CC(C)(C)CNC(=O)OCc6ccccc6)[nH]c(=O)c5c4)c4c3CC3(CCCC3)C4)cc2)[nH]1. The highest BCUT2D eigenvalue weighted by molar-refractivity contribution is 5.87. The summed E-state index contributed by atoms with van der Waals surface area (Å²) in [5, 5.41) is 6.59. The standard InChI is InChI=1S/C60H68N6O5/c1-7-58(3,4)34-51(65-57(69)71-37-41-18-12-9-13-19-41)54-61-35-52(64-54)43-22-20-42(21-23-43)45-25-26-46(49-33-60(32-48(45)49)28-14-15-29-60)44-24-27-50-47(30-44)55(67)66-53(63-50)39(2)31-59(5,6)38-62-56(68)70-36-40-16-10-8-11-17-40/h8-13,16-27,30,35,39,51H,7,14-15,28-29,31-34,36-38H2,1-6H3,(H,61,64)(H,62,68)(H,65,69)(H,63,66,67)/t39-,51-/m0/s1. The molecule has 2 heterocycles. The van der Waals surface area contributed by atoms with Crippen LogP contribution in [-0.4, -0.2) is 38.7 Å². The zero-order chi connectivity index (χ0) is 49.8. The van der Waals surface area contributed by atoms with Gasteiger partial charge in [0, 0.05) is 12.5 Å². The fourth-order valence-corrected chi connectivity index (χ4v) is 10.9. The van der Waals surface area contributed by atoms with Gasteiger partial charge in [-0.05, 0) is 117 Å². The first-order valence-corrected chi connectivity index (χ1v) is 25.4. The molecule has 1 spiro atoms. The van der Waals surface area contributed by atoms with Gasteiger partial charge >= 0.3 is 12.2 Å². The van der Waals surface area contributed by atoms with Crippen molar-refractivity contribution >= 4 is 23.1 Å². The Kier molecular flexibility index (Phi) is 14.3. The van der Waals surface area contributed by atoms with Gasteiger partial charge in [-0.1, -0.05) is 164 Å². The van der Waals surface area contributed by atoms with Crippen LogP contribution >= 0.6 is 0 Å². The van der Waals surface area contributed by atoms with Gasteiger partial charge in [0.05, 0.1) is 28.8 Å². The molecule has 2 amide bonds. The number of amides is 2. The Hall–Kier alpha value is -7.01. The lowest BCUT2D eigenvalue weighted by atomic mass is 9.82. The van der Waals surface area contributed by atoms with E-state index in [1.54, 1.807) is 0 Å². The van der Waals surface area contributed by atoms with Gasteiger partial charge in [-0.2, -0.15) is 0 Å². The van der Waals surface area contributed by atoms with Gasteiger partial charge in [0.15, 0.2) is 0 Å². The fraction of sp³-hybridized carbons (Fsp3) is 0.383. The number of fused-ring (bicyclic) bond motifs is 2. The van der Waals surface area contributed by atoms with Crippen LogP contribution in [0.15, 0.2) is 126 Å². The molecule has 0 unspecified atom stereocenters. The van der Waals surface area contributed by atoms with E-state index < -0.39 is 12.2 Å². The van der Waals surface area contributed by atoms with Crippen LogP contribution in [0.2, 0.25) is 0 Å². The lowest BCUT2D eigenvalue weighted by molar-refractivity contribution is 0.130. The summed E-state index contributed by atoms with van der Waals surface area (Å²) in [5.41, 5.74) is 11.6. The third-order valence-corrected chi connectivity index (χ3v) is 15.1. The number of carbonyl (C=O) groups is 2. The highest BCUT2D eigenvalue weighted by Crippen LogP contribution is 2.53. The maximum Gasteiger partial charge on any atom is 0.408 e. The summed E-state index contributed by atoms with van der Waals surface area (Å²) >= 11 is 0. The van der Waals surface area contributed by atoms with Gasteiger partial charge in [0.1, 0.15) is 24.9 Å². The van der Waals surface area contributed by atoms with E-state index in [2.05, 4.69) is 105 Å². The second kappa shape index (κ2) is 20.8. The third kappa shape index (κ3) is 11.6. The highest BCUT2D eigenvalue weighted by atomic mass is 16.6. The monoisotopic (exact) mass is 953 g/mol. The predicted octanol–water partition coefficient (Wildman–Crippen LogP) is 13.5. The normalized spacial score (nSPS) is 15.1. The smallest absolute Gasteiger partial charge is 0.408 e. The number of rotatable bonds is 17. The van der Waals surface area contributed by atoms with Crippen LogP contribution in [0.1, 0.15) is 132 Å². The number of aromatic amines is 2. The molecular formula is C60H68N6O5. The molecule has 2 atom stereocenters. The number of hydrogen-bond donors (Lipinski definition) is 4. The fourth-order valence-electron chi connectivity index (χ4n) is 10.9. The van der Waals surface area contributed by atoms with Crippen molar-refractivity contribution < 1.29 is 19.1 Å². The van der Waals surface area contributed by atoms with E-state index in [0.717, 1.165) is 47.2 Å². The first-order valence-electron chi connectivity index (χ1n) is 25.4. The van der Waals surface area contributed by atoms with Crippen LogP contribution in [-0.2, 0) is 35.5 Å². The van der Waals surface area contributed by atoms with E-state index >= 15 is 0 Å². The molecule has 4 N–H and O–H groups in total. The summed E-state index contributed by atoms with van der Waals surface area (Å²) < 4.78 is 11.0. The summed E-state index contributed by atoms with van der Waals surface area (Å²) in [7, 11) is 0. The van der Waals surface area contributed by atoms with E-state index in [0.29, 0.717) is 41.9 Å². The van der Waals surface area contributed by atoms with Crippen molar-refractivity contribution in [1.82, 2.24) is 30.6 Å². The number of alkyl carbamates (subject to hydrolysis) is 2. The van der Waals surface area contributed by atoms with Gasteiger partial charge in [-0.3, -0.25) is 4.79 Å². The lowest BCUT2D eigenvalue weighted by Gasteiger charge is -2.28. The Bertz CT molecular complexity index is 3040. The van der Waals surface area contributed by atoms with E-state index in [-0.39, 0.29) is 47.0 Å². The number of H-pyrrole nitrogens is 2. The average Bonchev–Trinajstić information content (AvgIpc) is 4.15. The van der Waals surface area contributed by atoms with Gasteiger partial charge < -0.3 is 30.1 Å². The number of ether oxygens (including phenoxy) is 2. The van der Waals surface area contributed by atoms with Crippen molar-refractivity contribution in [3.63, 3.8) is 0 Å². The Labute approximate surface area is 417 Å². The molecule has 5 aromatic carbocycles. The molecule has 11 heteroatoms. The summed E-state index contributed by atoms with van der Waals surface area (Å²) in [4.78, 5) is 55.9. The van der Waals surface area contributed by atoms with Gasteiger partial charge in [-0.15, -0.1) is 0 Å². The van der Waals surface area contributed by atoms with Crippen molar-refractivity contribution in [3.05, 3.63) is 166 Å². The molecule has 1 fully saturated rings. The number of nitrogens with one attached hydrogen (secondary N) is 4. The minimum atomic E-state index is -0.472. The first-order chi connectivity index (χ1) is 34.2. The van der Waals surface area contributed by atoms with E-state index in [9.17, 15) is 14.4 Å². The van der Waals surface area contributed by atoms with Crippen LogP contribution in [0.3, 0.4) is 0 Å². The van der Waals surface area contributed by atoms with E-state index in [4.69, 9.17) is 19.4 Å². The molecule has 0 radical (unpaired) electrons.